The lowest BCUT2D eigenvalue weighted by Crippen LogP contribution is -2.53. The lowest BCUT2D eigenvalue weighted by molar-refractivity contribution is 0.274. The molecule has 0 amide bonds. The number of anilines is 1. The van der Waals surface area contributed by atoms with Gasteiger partial charge in [0.1, 0.15) is 5.75 Å². The maximum Gasteiger partial charge on any atom is 0.135 e. The van der Waals surface area contributed by atoms with Gasteiger partial charge in [0, 0.05) is 30.4 Å². The zero-order chi connectivity index (χ0) is 14.7. The van der Waals surface area contributed by atoms with E-state index in [1.807, 2.05) is 0 Å². The summed E-state index contributed by atoms with van der Waals surface area (Å²) in [6.07, 6.45) is 1.19. The molecule has 0 bridgehead atoms. The molecule has 20 heavy (non-hydrogen) atoms. The average Bonchev–Trinajstić information content (AvgIpc) is 2.45. The summed E-state index contributed by atoms with van der Waals surface area (Å²) in [7, 11) is 1.72. The number of piperidine rings is 1. The highest BCUT2D eigenvalue weighted by atomic mass is 79.9. The second-order valence-corrected chi connectivity index (χ2v) is 6.42. The molecule has 0 saturated carbocycles. The number of ether oxygens (including phenoxy) is 1. The number of nitrogens with one attached hydrogen (secondary N) is 1. The molecule has 0 radical (unpaired) electrons. The van der Waals surface area contributed by atoms with Crippen LogP contribution in [0.15, 0.2) is 22.7 Å². The van der Waals surface area contributed by atoms with Gasteiger partial charge >= 0.3 is 0 Å². The molecule has 3 nitrogen and oxygen atoms in total. The van der Waals surface area contributed by atoms with Crippen molar-refractivity contribution in [2.45, 2.75) is 39.3 Å². The smallest absolute Gasteiger partial charge is 0.135 e. The van der Waals surface area contributed by atoms with Crippen molar-refractivity contribution in [1.29, 1.82) is 0 Å². The fraction of sp³-hybridized carbons (Fsp3) is 0.625. The second kappa shape index (κ2) is 6.81. The number of methoxy groups -OCH3 is 1. The third-order valence-electron chi connectivity index (χ3n) is 4.50. The molecular formula is C16H25BrN2O. The number of rotatable bonds is 4. The Hall–Kier alpha value is -0.740. The van der Waals surface area contributed by atoms with Crippen molar-refractivity contribution in [3.8, 4) is 5.75 Å². The number of benzene rings is 1. The molecular weight excluding hydrogens is 316 g/mol. The Morgan fingerprint density at radius 1 is 1.40 bits per heavy atom. The molecule has 1 heterocycles. The molecule has 0 aromatic heterocycles. The highest BCUT2D eigenvalue weighted by molar-refractivity contribution is 9.10. The summed E-state index contributed by atoms with van der Waals surface area (Å²) >= 11 is 3.52. The van der Waals surface area contributed by atoms with E-state index >= 15 is 0 Å². The van der Waals surface area contributed by atoms with Crippen LogP contribution in [0.25, 0.3) is 0 Å². The zero-order valence-corrected chi connectivity index (χ0v) is 14.4. The Kier molecular flexibility index (Phi) is 5.33. The molecule has 4 heteroatoms. The number of hydrogen-bond acceptors (Lipinski definition) is 3. The van der Waals surface area contributed by atoms with E-state index < -0.39 is 0 Å². The highest BCUT2D eigenvalue weighted by Gasteiger charge is 2.32. The Bertz CT molecular complexity index is 452. The van der Waals surface area contributed by atoms with Crippen molar-refractivity contribution in [3.63, 3.8) is 0 Å². The van der Waals surface area contributed by atoms with Crippen molar-refractivity contribution >= 4 is 21.6 Å². The van der Waals surface area contributed by atoms with Crippen LogP contribution in [0, 0.1) is 5.92 Å². The van der Waals surface area contributed by atoms with Crippen LogP contribution in [-0.4, -0.2) is 32.3 Å². The van der Waals surface area contributed by atoms with Gasteiger partial charge in [-0.15, -0.1) is 0 Å². The first kappa shape index (κ1) is 15.6. The molecule has 0 aliphatic carbocycles. The summed E-state index contributed by atoms with van der Waals surface area (Å²) in [5.41, 5.74) is 1.25. The maximum atomic E-state index is 5.41. The quantitative estimate of drug-likeness (QED) is 0.904. The first-order valence-corrected chi connectivity index (χ1v) is 8.21. The van der Waals surface area contributed by atoms with Crippen LogP contribution in [0.4, 0.5) is 5.69 Å². The van der Waals surface area contributed by atoms with Gasteiger partial charge in [0.05, 0.1) is 11.6 Å². The van der Waals surface area contributed by atoms with Gasteiger partial charge in [-0.2, -0.15) is 0 Å². The Morgan fingerprint density at radius 3 is 2.80 bits per heavy atom. The van der Waals surface area contributed by atoms with E-state index in [-0.39, 0.29) is 0 Å². The van der Waals surface area contributed by atoms with Gasteiger partial charge in [-0.1, -0.05) is 13.8 Å². The van der Waals surface area contributed by atoms with Gasteiger partial charge in [-0.05, 0) is 53.9 Å². The predicted octanol–water partition coefficient (Wildman–Crippen LogP) is 3.67. The normalized spacial score (nSPS) is 26.6. The molecule has 112 valence electrons. The van der Waals surface area contributed by atoms with Gasteiger partial charge < -0.3 is 15.0 Å². The Morgan fingerprint density at radius 2 is 2.15 bits per heavy atom. The van der Waals surface area contributed by atoms with E-state index in [0.717, 1.165) is 23.3 Å². The summed E-state index contributed by atoms with van der Waals surface area (Å²) in [5, 5.41) is 3.61. The minimum absolute atomic E-state index is 0.527. The second-order valence-electron chi connectivity index (χ2n) is 5.56. The fourth-order valence-corrected chi connectivity index (χ4v) is 3.51. The monoisotopic (exact) mass is 340 g/mol. The van der Waals surface area contributed by atoms with E-state index in [9.17, 15) is 0 Å². The first-order chi connectivity index (χ1) is 9.58. The molecule has 1 aromatic carbocycles. The standard InChI is InChI=1S/C16H25BrN2O/c1-5-18-15-8-9-19(12(3)11(15)2)13-6-7-14(17)16(10-13)20-4/h6-7,10-12,15,18H,5,8-9H2,1-4H3. The third-order valence-corrected chi connectivity index (χ3v) is 5.16. The van der Waals surface area contributed by atoms with Crippen molar-refractivity contribution < 1.29 is 4.74 Å². The summed E-state index contributed by atoms with van der Waals surface area (Å²) in [6, 6.07) is 7.52. The van der Waals surface area contributed by atoms with Gasteiger partial charge in [-0.25, -0.2) is 0 Å². The van der Waals surface area contributed by atoms with E-state index in [1.54, 1.807) is 7.11 Å². The summed E-state index contributed by atoms with van der Waals surface area (Å²) in [6.45, 7) is 8.99. The van der Waals surface area contributed by atoms with Crippen LogP contribution in [0.1, 0.15) is 27.2 Å². The molecule has 2 rings (SSSR count). The minimum Gasteiger partial charge on any atom is -0.495 e. The Labute approximate surface area is 130 Å². The number of nitrogens with zero attached hydrogens (tertiary/aromatic N) is 1. The Balaban J connectivity index is 2.17. The topological polar surface area (TPSA) is 24.5 Å². The van der Waals surface area contributed by atoms with Crippen molar-refractivity contribution in [3.05, 3.63) is 22.7 Å². The van der Waals surface area contributed by atoms with Crippen LogP contribution >= 0.6 is 15.9 Å². The summed E-state index contributed by atoms with van der Waals surface area (Å²) in [5.74, 6) is 1.54. The molecule has 3 unspecified atom stereocenters. The van der Waals surface area contributed by atoms with Crippen LogP contribution < -0.4 is 15.0 Å². The van der Waals surface area contributed by atoms with Gasteiger partial charge in [-0.3, -0.25) is 0 Å². The van der Waals surface area contributed by atoms with Gasteiger partial charge in [0.15, 0.2) is 0 Å². The van der Waals surface area contributed by atoms with Crippen molar-refractivity contribution in [2.75, 3.05) is 25.1 Å². The first-order valence-electron chi connectivity index (χ1n) is 7.42. The summed E-state index contributed by atoms with van der Waals surface area (Å²) in [4.78, 5) is 2.49. The largest absolute Gasteiger partial charge is 0.495 e. The van der Waals surface area contributed by atoms with E-state index in [1.165, 1.54) is 12.1 Å². The molecule has 1 N–H and O–H groups in total. The van der Waals surface area contributed by atoms with Crippen LogP contribution in [-0.2, 0) is 0 Å². The fourth-order valence-electron chi connectivity index (χ4n) is 3.11. The van der Waals surface area contributed by atoms with Crippen LogP contribution in [0.3, 0.4) is 0 Å². The van der Waals surface area contributed by atoms with Gasteiger partial charge in [0.2, 0.25) is 0 Å². The molecule has 1 aliphatic rings. The van der Waals surface area contributed by atoms with E-state index in [2.05, 4.69) is 65.1 Å². The van der Waals surface area contributed by atoms with E-state index in [4.69, 9.17) is 4.74 Å². The summed E-state index contributed by atoms with van der Waals surface area (Å²) < 4.78 is 6.42. The molecule has 1 aliphatic heterocycles. The number of halogens is 1. The lowest BCUT2D eigenvalue weighted by atomic mass is 9.86. The van der Waals surface area contributed by atoms with Crippen LogP contribution in [0.5, 0.6) is 5.75 Å². The van der Waals surface area contributed by atoms with Crippen LogP contribution in [0.2, 0.25) is 0 Å². The molecule has 0 spiro atoms. The minimum atomic E-state index is 0.527. The average molecular weight is 341 g/mol. The third kappa shape index (κ3) is 3.12. The molecule has 1 fully saturated rings. The highest BCUT2D eigenvalue weighted by Crippen LogP contribution is 2.34. The SMILES string of the molecule is CCNC1CCN(c2ccc(Br)c(OC)c2)C(C)C1C. The molecule has 1 saturated heterocycles. The lowest BCUT2D eigenvalue weighted by Gasteiger charge is -2.44. The van der Waals surface area contributed by atoms with E-state index in [0.29, 0.717) is 18.0 Å². The predicted molar refractivity (Wildman–Crippen MR) is 88.7 cm³/mol. The molecule has 1 aromatic rings. The molecule has 3 atom stereocenters. The maximum absolute atomic E-state index is 5.41. The number of hydrogen-bond donors (Lipinski definition) is 1. The zero-order valence-electron chi connectivity index (χ0n) is 12.8. The van der Waals surface area contributed by atoms with Crippen molar-refractivity contribution in [2.24, 2.45) is 5.92 Å². The van der Waals surface area contributed by atoms with Gasteiger partial charge in [0.25, 0.3) is 0 Å². The van der Waals surface area contributed by atoms with Crippen molar-refractivity contribution in [1.82, 2.24) is 5.32 Å².